The number of allylic oxidation sites excluding steroid dienone is 3. The maximum atomic E-state index is 12.9. The Kier molecular flexibility index (Phi) is 47.3. The summed E-state index contributed by atoms with van der Waals surface area (Å²) in [7, 11) is 1.57. The van der Waals surface area contributed by atoms with Crippen molar-refractivity contribution in [3.63, 3.8) is 0 Å². The van der Waals surface area contributed by atoms with Gasteiger partial charge in [-0.25, -0.2) is 4.57 Å². The van der Waals surface area contributed by atoms with Crippen molar-refractivity contribution in [1.82, 2.24) is 5.32 Å². The third-order valence-electron chi connectivity index (χ3n) is 12.9. The van der Waals surface area contributed by atoms with Gasteiger partial charge in [-0.1, -0.05) is 263 Å². The van der Waals surface area contributed by atoms with Crippen molar-refractivity contribution < 1.29 is 32.9 Å². The third kappa shape index (κ3) is 50.7. The minimum atomic E-state index is -4.35. The minimum absolute atomic E-state index is 0.0586. The molecule has 0 aromatic heterocycles. The molecule has 0 saturated carbocycles. The van der Waals surface area contributed by atoms with E-state index in [1.54, 1.807) is 6.08 Å². The van der Waals surface area contributed by atoms with Gasteiger partial charge in [0.2, 0.25) is 5.91 Å². The van der Waals surface area contributed by atoms with Gasteiger partial charge >= 0.3 is 7.82 Å². The molecule has 65 heavy (non-hydrogen) atoms. The predicted molar refractivity (Wildman–Crippen MR) is 281 cm³/mol. The molecule has 0 saturated heterocycles. The highest BCUT2D eigenvalue weighted by Gasteiger charge is 2.27. The first-order valence-corrected chi connectivity index (χ1v) is 29.7. The number of carbonyl (C=O) groups excluding carboxylic acids is 1. The monoisotopic (exact) mass is 940 g/mol. The molecule has 0 aromatic carbocycles. The van der Waals surface area contributed by atoms with Gasteiger partial charge in [0.15, 0.2) is 0 Å². The number of phosphoric ester groups is 1. The van der Waals surface area contributed by atoms with Gasteiger partial charge in [0.1, 0.15) is 13.2 Å². The van der Waals surface area contributed by atoms with E-state index in [0.717, 1.165) is 38.5 Å². The highest BCUT2D eigenvalue weighted by atomic mass is 31.2. The maximum Gasteiger partial charge on any atom is 0.472 e. The lowest BCUT2D eigenvalue weighted by Crippen LogP contribution is -2.45. The van der Waals surface area contributed by atoms with Crippen LogP contribution >= 0.6 is 7.82 Å². The summed E-state index contributed by atoms with van der Waals surface area (Å²) in [6.07, 6.45) is 60.0. The van der Waals surface area contributed by atoms with E-state index in [9.17, 15) is 19.4 Å². The molecule has 0 heterocycles. The Labute approximate surface area is 404 Å². The first-order valence-electron chi connectivity index (χ1n) is 28.2. The fourth-order valence-electron chi connectivity index (χ4n) is 8.47. The molecule has 0 fully saturated rings. The van der Waals surface area contributed by atoms with Gasteiger partial charge in [-0.15, -0.1) is 0 Å². The van der Waals surface area contributed by atoms with Crippen molar-refractivity contribution >= 4 is 13.7 Å². The molecule has 0 aliphatic rings. The predicted octanol–water partition coefficient (Wildman–Crippen LogP) is 16.8. The first-order chi connectivity index (χ1) is 31.5. The van der Waals surface area contributed by atoms with E-state index >= 15 is 0 Å². The Balaban J connectivity index is 4.19. The van der Waals surface area contributed by atoms with E-state index in [0.29, 0.717) is 17.4 Å². The molecule has 0 aromatic rings. The SMILES string of the molecule is CCCCCCCCCCCCCCCCCCCCCCCC/C=C/CC/C=C/C(O)C(COP(=O)(O)OCC[N+](C)(C)C)NC(=O)CCCCCCCCCCCCCCCCC. The topological polar surface area (TPSA) is 105 Å². The van der Waals surface area contributed by atoms with Crippen LogP contribution in [0.3, 0.4) is 0 Å². The van der Waals surface area contributed by atoms with Crippen LogP contribution < -0.4 is 5.32 Å². The van der Waals surface area contributed by atoms with Gasteiger partial charge < -0.3 is 19.8 Å². The number of amides is 1. The molecule has 3 atom stereocenters. The number of phosphoric acid groups is 1. The summed E-state index contributed by atoms with van der Waals surface area (Å²) < 4.78 is 23.7. The molecule has 386 valence electrons. The van der Waals surface area contributed by atoms with E-state index in [-0.39, 0.29) is 19.1 Å². The summed E-state index contributed by atoms with van der Waals surface area (Å²) in [4.78, 5) is 23.2. The van der Waals surface area contributed by atoms with Crippen LogP contribution in [-0.4, -0.2) is 73.4 Å². The maximum absolute atomic E-state index is 12.9. The molecule has 3 unspecified atom stereocenters. The molecular weight excluding hydrogens is 828 g/mol. The number of hydrogen-bond acceptors (Lipinski definition) is 5. The number of nitrogens with one attached hydrogen (secondary N) is 1. The molecule has 8 nitrogen and oxygen atoms in total. The summed E-state index contributed by atoms with van der Waals surface area (Å²) in [5.41, 5.74) is 0. The number of carbonyl (C=O) groups is 1. The second-order valence-corrected chi connectivity index (χ2v) is 22.1. The summed E-state index contributed by atoms with van der Waals surface area (Å²) in [5, 5.41) is 13.9. The van der Waals surface area contributed by atoms with Crippen molar-refractivity contribution in [2.75, 3.05) is 40.9 Å². The summed E-state index contributed by atoms with van der Waals surface area (Å²) >= 11 is 0. The zero-order valence-corrected chi connectivity index (χ0v) is 44.9. The molecular formula is C56H112N2O6P+. The average Bonchev–Trinajstić information content (AvgIpc) is 3.26. The fourth-order valence-corrected chi connectivity index (χ4v) is 9.21. The Morgan fingerprint density at radius 1 is 0.508 bits per heavy atom. The second-order valence-electron chi connectivity index (χ2n) is 20.7. The van der Waals surface area contributed by atoms with Crippen LogP contribution in [0.2, 0.25) is 0 Å². The molecule has 0 radical (unpaired) electrons. The van der Waals surface area contributed by atoms with Crippen LogP contribution in [0.4, 0.5) is 0 Å². The molecule has 0 spiro atoms. The van der Waals surface area contributed by atoms with Crippen LogP contribution in [0.1, 0.15) is 277 Å². The summed E-state index contributed by atoms with van der Waals surface area (Å²) in [6, 6.07) is -0.859. The first kappa shape index (κ1) is 64.0. The Morgan fingerprint density at radius 2 is 0.846 bits per heavy atom. The van der Waals surface area contributed by atoms with Crippen LogP contribution in [0.5, 0.6) is 0 Å². The van der Waals surface area contributed by atoms with Crippen molar-refractivity contribution in [3.8, 4) is 0 Å². The van der Waals surface area contributed by atoms with Crippen LogP contribution in [0.15, 0.2) is 24.3 Å². The molecule has 1 amide bonds. The Bertz CT molecular complexity index is 1110. The van der Waals surface area contributed by atoms with Gasteiger partial charge in [-0.2, -0.15) is 0 Å². The van der Waals surface area contributed by atoms with E-state index in [4.69, 9.17) is 9.05 Å². The number of likely N-dealkylation sites (N-methyl/N-ethyl adjacent to an activating group) is 1. The molecule has 0 rings (SSSR count). The summed E-state index contributed by atoms with van der Waals surface area (Å²) in [5.74, 6) is -0.183. The molecule has 0 aliphatic carbocycles. The van der Waals surface area contributed by atoms with Crippen molar-refractivity contribution in [2.45, 2.75) is 289 Å². The standard InChI is InChI=1S/C56H111N2O6P/c1-6-8-10-12-14-16-18-20-22-23-24-25-26-27-28-29-30-31-32-33-34-36-37-39-41-43-45-47-49-55(59)54(53-64-65(61,62)63-52-51-58(3,4)5)57-56(60)50-48-46-44-42-40-38-35-21-19-17-15-13-11-9-7-2/h39,41,47,49,54-55,59H,6-38,40,42-46,48,50-53H2,1-5H3,(H-,57,60,61,62)/p+1/b41-39+,49-47+. The van der Waals surface area contributed by atoms with Gasteiger partial charge in [-0.05, 0) is 32.1 Å². The van der Waals surface area contributed by atoms with Crippen molar-refractivity contribution in [2.24, 2.45) is 0 Å². The molecule has 0 aliphatic heterocycles. The van der Waals surface area contributed by atoms with Crippen LogP contribution in [0.25, 0.3) is 0 Å². The number of aliphatic hydroxyl groups excluding tert-OH is 1. The zero-order chi connectivity index (χ0) is 47.8. The lowest BCUT2D eigenvalue weighted by molar-refractivity contribution is -0.870. The quantitative estimate of drug-likeness (QED) is 0.0243. The second kappa shape index (κ2) is 48.0. The van der Waals surface area contributed by atoms with Crippen molar-refractivity contribution in [1.29, 1.82) is 0 Å². The lowest BCUT2D eigenvalue weighted by atomic mass is 10.0. The Morgan fingerprint density at radius 3 is 1.23 bits per heavy atom. The van der Waals surface area contributed by atoms with Crippen LogP contribution in [0, 0.1) is 0 Å². The summed E-state index contributed by atoms with van der Waals surface area (Å²) in [6.45, 7) is 4.83. The number of hydrogen-bond donors (Lipinski definition) is 3. The van der Waals surface area contributed by atoms with Crippen molar-refractivity contribution in [3.05, 3.63) is 24.3 Å². The van der Waals surface area contributed by atoms with Gasteiger partial charge in [0.25, 0.3) is 0 Å². The van der Waals surface area contributed by atoms with E-state index in [2.05, 4.69) is 31.3 Å². The average molecular weight is 940 g/mol. The highest BCUT2D eigenvalue weighted by Crippen LogP contribution is 2.43. The minimum Gasteiger partial charge on any atom is -0.387 e. The Hall–Kier alpha value is -1.02. The number of rotatable bonds is 52. The van der Waals surface area contributed by atoms with Gasteiger partial charge in [0.05, 0.1) is 39.9 Å². The van der Waals surface area contributed by atoms with E-state index < -0.39 is 20.0 Å². The van der Waals surface area contributed by atoms with Gasteiger partial charge in [-0.3, -0.25) is 13.8 Å². The number of aliphatic hydroxyl groups is 1. The molecule has 3 N–H and O–H groups in total. The molecule has 9 heteroatoms. The highest BCUT2D eigenvalue weighted by molar-refractivity contribution is 7.47. The van der Waals surface area contributed by atoms with Gasteiger partial charge in [0, 0.05) is 6.42 Å². The van der Waals surface area contributed by atoms with E-state index in [1.807, 2.05) is 27.2 Å². The third-order valence-corrected chi connectivity index (χ3v) is 13.9. The fraction of sp³-hybridized carbons (Fsp3) is 0.911. The largest absolute Gasteiger partial charge is 0.472 e. The number of unbranched alkanes of at least 4 members (excludes halogenated alkanes) is 37. The molecule has 0 bridgehead atoms. The number of quaternary nitrogens is 1. The van der Waals surface area contributed by atoms with E-state index in [1.165, 1.54) is 218 Å². The van der Waals surface area contributed by atoms with Crippen LogP contribution in [-0.2, 0) is 18.4 Å². The smallest absolute Gasteiger partial charge is 0.387 e. The lowest BCUT2D eigenvalue weighted by Gasteiger charge is -2.25. The number of nitrogens with zero attached hydrogens (tertiary/aromatic N) is 1. The zero-order valence-electron chi connectivity index (χ0n) is 44.0. The normalized spacial score (nSPS) is 14.1.